The molecule has 116 valence electrons. The smallest absolute Gasteiger partial charge is 0.236 e. The van der Waals surface area contributed by atoms with Crippen LogP contribution >= 0.6 is 11.6 Å². The molecule has 0 radical (unpaired) electrons. The molecule has 0 bridgehead atoms. The van der Waals surface area contributed by atoms with Gasteiger partial charge in [-0.3, -0.25) is 0 Å². The van der Waals surface area contributed by atoms with E-state index < -0.39 is 33.0 Å². The summed E-state index contributed by atoms with van der Waals surface area (Å²) in [4.78, 5) is 0. The Morgan fingerprint density at radius 2 is 1.71 bits per heavy atom. The third-order valence-electron chi connectivity index (χ3n) is 2.50. The molecule has 0 aliphatic heterocycles. The molecule has 0 spiro atoms. The average Bonchev–Trinajstić information content (AvgIpc) is 2.37. The van der Waals surface area contributed by atoms with Crippen LogP contribution in [0.3, 0.4) is 0 Å². The maximum Gasteiger partial charge on any atom is 0.410 e. The van der Waals surface area contributed by atoms with E-state index in [0.29, 0.717) is 0 Å². The van der Waals surface area contributed by atoms with E-state index in [1.807, 2.05) is 0 Å². The van der Waals surface area contributed by atoms with Gasteiger partial charge < -0.3 is 0 Å². The summed E-state index contributed by atoms with van der Waals surface area (Å²) >= 11 is 4.21. The lowest BCUT2D eigenvalue weighted by Crippen LogP contribution is -2.50. The highest BCUT2D eigenvalue weighted by Crippen LogP contribution is 2.40. The fraction of sp³-hybridized carbons (Fsp3) is 0.364. The summed E-state index contributed by atoms with van der Waals surface area (Å²) in [6.07, 6.45) is 0. The molecule has 0 aromatic heterocycles. The van der Waals surface area contributed by atoms with Crippen molar-refractivity contribution in [2.75, 3.05) is 0 Å². The summed E-state index contributed by atoms with van der Waals surface area (Å²) in [5.74, 6) is -0.655. The van der Waals surface area contributed by atoms with Gasteiger partial charge in [-0.05, 0) is 36.2 Å². The number of benzene rings is 1. The Kier molecular flexibility index (Phi) is 4.98. The van der Waals surface area contributed by atoms with Gasteiger partial charge in [-0.2, -0.15) is 22.8 Å². The number of rotatable bonds is 5. The van der Waals surface area contributed by atoms with Gasteiger partial charge in [0.15, 0.2) is 11.0 Å². The van der Waals surface area contributed by atoms with Gasteiger partial charge in [-0.25, -0.2) is 13.3 Å². The average molecular weight is 347 g/mol. The summed E-state index contributed by atoms with van der Waals surface area (Å²) in [7, 11) is -3.66. The summed E-state index contributed by atoms with van der Waals surface area (Å²) < 4.78 is 77.2. The van der Waals surface area contributed by atoms with Crippen LogP contribution in [0.1, 0.15) is 12.5 Å². The van der Waals surface area contributed by atoms with Crippen LogP contribution in [-0.4, -0.2) is 14.8 Å². The van der Waals surface area contributed by atoms with Crippen LogP contribution in [0, 0.1) is 17.1 Å². The van der Waals surface area contributed by atoms with Crippen molar-refractivity contribution in [3.05, 3.63) is 35.6 Å². The van der Waals surface area contributed by atoms with E-state index in [1.165, 1.54) is 6.07 Å². The Hall–Kier alpha value is -1.24. The number of nitrogens with zero attached hydrogens (tertiary/aromatic N) is 1. The highest BCUT2D eigenvalue weighted by molar-refractivity contribution is 7.84. The van der Waals surface area contributed by atoms with Gasteiger partial charge in [0.1, 0.15) is 11.4 Å². The molecule has 0 aliphatic rings. The second-order valence-corrected chi connectivity index (χ2v) is 5.86. The molecule has 2 unspecified atom stereocenters. The number of alkyl halides is 5. The number of hydrogen-bond acceptors (Lipinski definition) is 2. The Bertz CT molecular complexity index is 584. The Morgan fingerprint density at radius 3 is 2.10 bits per heavy atom. The summed E-state index contributed by atoms with van der Waals surface area (Å²) in [5.41, 5.74) is -2.04. The van der Waals surface area contributed by atoms with Gasteiger partial charge in [0.25, 0.3) is 0 Å². The molecule has 1 aromatic carbocycles. The molecule has 0 fully saturated rings. The fourth-order valence-electron chi connectivity index (χ4n) is 1.28. The van der Waals surface area contributed by atoms with E-state index in [9.17, 15) is 26.2 Å². The van der Waals surface area contributed by atoms with Crippen molar-refractivity contribution < 1.29 is 26.2 Å². The molecule has 1 N–H and O–H groups in total. The van der Waals surface area contributed by atoms with Crippen LogP contribution in [0.25, 0.3) is 0 Å². The predicted octanol–water partition coefficient (Wildman–Crippen LogP) is 3.24. The first-order valence-corrected chi connectivity index (χ1v) is 6.78. The minimum atomic E-state index is -5.10. The van der Waals surface area contributed by atoms with Crippen LogP contribution in [0.5, 0.6) is 0 Å². The monoisotopic (exact) mass is 346 g/mol. The lowest BCUT2D eigenvalue weighted by Gasteiger charge is -2.27. The minimum Gasteiger partial charge on any atom is -0.236 e. The molecule has 0 amide bonds. The van der Waals surface area contributed by atoms with Crippen LogP contribution in [0.15, 0.2) is 24.3 Å². The summed E-state index contributed by atoms with van der Waals surface area (Å²) in [5, 5.41) is -1.15. The number of nitrogens with one attached hydrogen (secondary N) is 1. The molecule has 21 heavy (non-hydrogen) atoms. The molecule has 1 rings (SSSR count). The van der Waals surface area contributed by atoms with Gasteiger partial charge >= 0.3 is 10.6 Å². The second-order valence-electron chi connectivity index (χ2n) is 4.13. The van der Waals surface area contributed by atoms with E-state index in [-0.39, 0.29) is 5.56 Å². The first-order chi connectivity index (χ1) is 9.44. The zero-order chi connectivity index (χ0) is 16.5. The van der Waals surface area contributed by atoms with Gasteiger partial charge in [-0.15, -0.1) is 0 Å². The normalized spacial score (nSPS) is 16.9. The standard InChI is InChI=1S/C11H8ClF5N2OS/c1-9(6-18,7-2-4-8(13)5-3-7)19-21(20)11(16,17)10(12,14)15/h2-5,19H,1H3. The topological polar surface area (TPSA) is 52.9 Å². The van der Waals surface area contributed by atoms with Gasteiger partial charge in [0.05, 0.1) is 6.07 Å². The molecular formula is C11H8ClF5N2OS. The molecule has 3 nitrogen and oxygen atoms in total. The van der Waals surface area contributed by atoms with E-state index >= 15 is 0 Å². The molecule has 2 atom stereocenters. The lowest BCUT2D eigenvalue weighted by molar-refractivity contribution is -0.0941. The maximum atomic E-state index is 13.2. The quantitative estimate of drug-likeness (QED) is 0.657. The summed E-state index contributed by atoms with van der Waals surface area (Å²) in [6.45, 7) is 1.03. The van der Waals surface area contributed by atoms with Gasteiger partial charge in [0.2, 0.25) is 0 Å². The zero-order valence-electron chi connectivity index (χ0n) is 10.3. The van der Waals surface area contributed by atoms with E-state index in [0.717, 1.165) is 31.2 Å². The van der Waals surface area contributed by atoms with Crippen molar-refractivity contribution in [2.24, 2.45) is 0 Å². The fourth-order valence-corrected chi connectivity index (χ4v) is 2.37. The van der Waals surface area contributed by atoms with Crippen molar-refractivity contribution in [1.82, 2.24) is 4.72 Å². The highest BCUT2D eigenvalue weighted by atomic mass is 35.5. The highest BCUT2D eigenvalue weighted by Gasteiger charge is 2.61. The number of hydrogen-bond donors (Lipinski definition) is 1. The molecule has 0 saturated heterocycles. The predicted molar refractivity (Wildman–Crippen MR) is 66.4 cm³/mol. The Morgan fingerprint density at radius 1 is 1.24 bits per heavy atom. The van der Waals surface area contributed by atoms with Crippen LogP contribution in [0.2, 0.25) is 0 Å². The number of nitriles is 1. The molecule has 1 aromatic rings. The van der Waals surface area contributed by atoms with Crippen molar-refractivity contribution in [1.29, 1.82) is 5.26 Å². The molecule has 0 heterocycles. The van der Waals surface area contributed by atoms with Crippen molar-refractivity contribution in [3.8, 4) is 6.07 Å². The molecular weight excluding hydrogens is 339 g/mol. The van der Waals surface area contributed by atoms with Gasteiger partial charge in [-0.1, -0.05) is 12.1 Å². The minimum absolute atomic E-state index is 0.0339. The molecule has 10 heteroatoms. The van der Waals surface area contributed by atoms with Crippen molar-refractivity contribution >= 4 is 22.6 Å². The third-order valence-corrected chi connectivity index (χ3v) is 4.17. The third kappa shape index (κ3) is 3.70. The lowest BCUT2D eigenvalue weighted by atomic mass is 9.95. The molecule has 0 saturated carbocycles. The Balaban J connectivity index is 3.10. The van der Waals surface area contributed by atoms with Crippen LogP contribution in [-0.2, 0) is 16.5 Å². The first kappa shape index (κ1) is 17.8. The first-order valence-electron chi connectivity index (χ1n) is 5.25. The van der Waals surface area contributed by atoms with Gasteiger partial charge in [0, 0.05) is 0 Å². The van der Waals surface area contributed by atoms with E-state index in [4.69, 9.17) is 5.26 Å². The van der Waals surface area contributed by atoms with E-state index in [2.05, 4.69) is 11.6 Å². The Labute approximate surface area is 124 Å². The van der Waals surface area contributed by atoms with Crippen molar-refractivity contribution in [2.45, 2.75) is 23.1 Å². The van der Waals surface area contributed by atoms with E-state index in [1.54, 1.807) is 4.72 Å². The zero-order valence-corrected chi connectivity index (χ0v) is 11.9. The summed E-state index contributed by atoms with van der Waals surface area (Å²) in [6, 6.07) is 5.53. The van der Waals surface area contributed by atoms with Crippen LogP contribution < -0.4 is 4.72 Å². The van der Waals surface area contributed by atoms with Crippen LogP contribution in [0.4, 0.5) is 22.0 Å². The SMILES string of the molecule is CC(C#N)(NS(=O)C(F)(F)C(F)(F)Cl)c1ccc(F)cc1. The maximum absolute atomic E-state index is 13.2. The second kappa shape index (κ2) is 5.87. The number of halogens is 6. The van der Waals surface area contributed by atoms with Crippen molar-refractivity contribution in [3.63, 3.8) is 0 Å². The largest absolute Gasteiger partial charge is 0.410 e. The molecule has 0 aliphatic carbocycles.